The zero-order valence-corrected chi connectivity index (χ0v) is 18.8. The fourth-order valence-electron chi connectivity index (χ4n) is 4.05. The Kier molecular flexibility index (Phi) is 6.67. The van der Waals surface area contributed by atoms with E-state index in [-0.39, 0.29) is 11.8 Å². The first kappa shape index (κ1) is 21.5. The molecule has 3 heterocycles. The molecule has 1 fully saturated rings. The second kappa shape index (κ2) is 9.62. The van der Waals surface area contributed by atoms with Gasteiger partial charge in [-0.2, -0.15) is 0 Å². The number of rotatable bonds is 7. The van der Waals surface area contributed by atoms with Crippen LogP contribution in [-0.4, -0.2) is 45.8 Å². The van der Waals surface area contributed by atoms with E-state index < -0.39 is 6.04 Å². The number of piperidine rings is 1. The highest BCUT2D eigenvalue weighted by atomic mass is 32.1. The number of nitrogens with zero attached hydrogens (tertiary/aromatic N) is 2. The normalized spacial score (nSPS) is 16.3. The first-order chi connectivity index (χ1) is 15.0. The van der Waals surface area contributed by atoms with Crippen molar-refractivity contribution in [3.63, 3.8) is 0 Å². The molecule has 2 amide bonds. The van der Waals surface area contributed by atoms with Gasteiger partial charge in [-0.15, -0.1) is 11.3 Å². The Morgan fingerprint density at radius 1 is 1.29 bits per heavy atom. The number of thiazole rings is 1. The zero-order chi connectivity index (χ0) is 21.8. The van der Waals surface area contributed by atoms with Gasteiger partial charge >= 0.3 is 0 Å². The first-order valence-electron chi connectivity index (χ1n) is 10.8. The van der Waals surface area contributed by atoms with Gasteiger partial charge in [0, 0.05) is 42.4 Å². The van der Waals surface area contributed by atoms with Crippen LogP contribution in [0.5, 0.6) is 0 Å². The number of aromatic nitrogens is 2. The van der Waals surface area contributed by atoms with Crippen LogP contribution in [0.4, 0.5) is 5.13 Å². The molecule has 7 nitrogen and oxygen atoms in total. The summed E-state index contributed by atoms with van der Waals surface area (Å²) in [5.74, 6) is 0.303. The molecule has 0 radical (unpaired) electrons. The summed E-state index contributed by atoms with van der Waals surface area (Å²) in [4.78, 5) is 34.9. The Labute approximate surface area is 186 Å². The van der Waals surface area contributed by atoms with Gasteiger partial charge < -0.3 is 15.6 Å². The molecule has 1 aliphatic rings. The number of carbonyl (C=O) groups is 2. The van der Waals surface area contributed by atoms with Crippen LogP contribution in [-0.2, 0) is 22.6 Å². The van der Waals surface area contributed by atoms with E-state index in [9.17, 15) is 9.59 Å². The number of benzene rings is 1. The highest BCUT2D eigenvalue weighted by molar-refractivity contribution is 7.13. The van der Waals surface area contributed by atoms with Crippen molar-refractivity contribution < 1.29 is 9.59 Å². The molecular formula is C23H29N5O2S. The molecule has 3 N–H and O–H groups in total. The summed E-state index contributed by atoms with van der Waals surface area (Å²) in [6.45, 7) is 6.72. The summed E-state index contributed by atoms with van der Waals surface area (Å²) in [5.41, 5.74) is 2.97. The number of anilines is 1. The Morgan fingerprint density at radius 3 is 2.84 bits per heavy atom. The van der Waals surface area contributed by atoms with Crippen LogP contribution in [0.1, 0.15) is 37.9 Å². The van der Waals surface area contributed by atoms with E-state index >= 15 is 0 Å². The van der Waals surface area contributed by atoms with Gasteiger partial charge in [0.2, 0.25) is 11.8 Å². The number of hydrogen-bond acceptors (Lipinski definition) is 5. The van der Waals surface area contributed by atoms with Crippen LogP contribution < -0.4 is 10.6 Å². The van der Waals surface area contributed by atoms with Crippen molar-refractivity contribution in [3.05, 3.63) is 47.1 Å². The zero-order valence-electron chi connectivity index (χ0n) is 18.0. The number of aromatic amines is 1. The molecule has 164 valence electrons. The summed E-state index contributed by atoms with van der Waals surface area (Å²) >= 11 is 1.43. The number of likely N-dealkylation sites (tertiary alicyclic amines) is 1. The summed E-state index contributed by atoms with van der Waals surface area (Å²) in [6, 6.07) is 7.26. The van der Waals surface area contributed by atoms with Crippen LogP contribution in [0.15, 0.2) is 35.8 Å². The molecule has 0 aliphatic carbocycles. The number of amides is 2. The number of H-pyrrole nitrogens is 1. The van der Waals surface area contributed by atoms with Gasteiger partial charge in [-0.05, 0) is 43.5 Å². The topological polar surface area (TPSA) is 90.1 Å². The largest absolute Gasteiger partial charge is 0.361 e. The number of fused-ring (bicyclic) bond motifs is 1. The Hall–Kier alpha value is -2.71. The van der Waals surface area contributed by atoms with E-state index in [2.05, 4.69) is 32.4 Å². The van der Waals surface area contributed by atoms with Gasteiger partial charge in [-0.3, -0.25) is 14.5 Å². The highest BCUT2D eigenvalue weighted by Gasteiger charge is 2.23. The maximum absolute atomic E-state index is 13.0. The summed E-state index contributed by atoms with van der Waals surface area (Å²) in [5, 5.41) is 9.30. The Morgan fingerprint density at radius 2 is 2.06 bits per heavy atom. The quantitative estimate of drug-likeness (QED) is 0.525. The lowest BCUT2D eigenvalue weighted by atomic mass is 9.99. The molecule has 31 heavy (non-hydrogen) atoms. The molecule has 1 unspecified atom stereocenters. The highest BCUT2D eigenvalue weighted by Crippen LogP contribution is 2.22. The van der Waals surface area contributed by atoms with E-state index in [0.717, 1.165) is 47.7 Å². The molecule has 1 aromatic carbocycles. The first-order valence-corrected chi connectivity index (χ1v) is 11.7. The average Bonchev–Trinajstić information content (AvgIpc) is 3.36. The van der Waals surface area contributed by atoms with Crippen LogP contribution in [0.25, 0.3) is 10.9 Å². The van der Waals surface area contributed by atoms with E-state index in [1.807, 2.05) is 35.8 Å². The van der Waals surface area contributed by atoms with Crippen molar-refractivity contribution in [1.29, 1.82) is 0 Å². The van der Waals surface area contributed by atoms with E-state index in [1.165, 1.54) is 31.1 Å². The second-order valence-corrected chi connectivity index (χ2v) is 9.27. The lowest BCUT2D eigenvalue weighted by Crippen LogP contribution is -2.44. The minimum atomic E-state index is -0.673. The smallest absolute Gasteiger partial charge is 0.249 e. The maximum Gasteiger partial charge on any atom is 0.249 e. The lowest BCUT2D eigenvalue weighted by Gasteiger charge is -2.29. The summed E-state index contributed by atoms with van der Waals surface area (Å²) in [7, 11) is 0. The fraction of sp³-hybridized carbons (Fsp3) is 0.435. The molecule has 4 rings (SSSR count). The lowest BCUT2D eigenvalue weighted by molar-refractivity contribution is -0.125. The van der Waals surface area contributed by atoms with Gasteiger partial charge in [0.15, 0.2) is 5.13 Å². The third kappa shape index (κ3) is 5.51. The number of carbonyl (C=O) groups excluding carboxylic acids is 2. The van der Waals surface area contributed by atoms with Crippen LogP contribution >= 0.6 is 11.3 Å². The van der Waals surface area contributed by atoms with Crippen LogP contribution in [0.3, 0.4) is 0 Å². The van der Waals surface area contributed by atoms with Crippen molar-refractivity contribution in [1.82, 2.24) is 20.2 Å². The van der Waals surface area contributed by atoms with Crippen LogP contribution in [0, 0.1) is 5.92 Å². The van der Waals surface area contributed by atoms with Crippen LogP contribution in [0.2, 0.25) is 0 Å². The van der Waals surface area contributed by atoms with E-state index in [4.69, 9.17) is 0 Å². The average molecular weight is 440 g/mol. The summed E-state index contributed by atoms with van der Waals surface area (Å²) in [6.07, 6.45) is 4.74. The third-order valence-electron chi connectivity index (χ3n) is 5.84. The molecule has 0 saturated carbocycles. The molecule has 2 aromatic heterocycles. The molecular weight excluding hydrogens is 410 g/mol. The van der Waals surface area contributed by atoms with E-state index in [1.54, 1.807) is 0 Å². The maximum atomic E-state index is 13.0. The van der Waals surface area contributed by atoms with Crippen molar-refractivity contribution in [2.75, 3.05) is 18.4 Å². The molecule has 3 aromatic rings. The number of hydrogen-bond donors (Lipinski definition) is 3. The molecule has 1 aliphatic heterocycles. The molecule has 0 spiro atoms. The van der Waals surface area contributed by atoms with Crippen molar-refractivity contribution in [3.8, 4) is 0 Å². The monoisotopic (exact) mass is 439 g/mol. The van der Waals surface area contributed by atoms with Gasteiger partial charge in [0.05, 0.1) is 5.69 Å². The predicted molar refractivity (Wildman–Crippen MR) is 124 cm³/mol. The minimum Gasteiger partial charge on any atom is -0.361 e. The minimum absolute atomic E-state index is 0.237. The van der Waals surface area contributed by atoms with Gasteiger partial charge in [-0.1, -0.05) is 25.1 Å². The number of nitrogens with one attached hydrogen (secondary N) is 3. The van der Waals surface area contributed by atoms with Crippen molar-refractivity contribution in [2.45, 2.75) is 45.7 Å². The van der Waals surface area contributed by atoms with Gasteiger partial charge in [0.25, 0.3) is 0 Å². The Bertz CT molecular complexity index is 1050. The molecule has 1 atom stereocenters. The standard InChI is InChI=1S/C23H29N5O2S/c1-15-7-9-28(10-8-15)13-18-14-31-23(26-18)27-22(30)21(25-16(2)29)11-17-12-24-20-6-4-3-5-19(17)20/h3-6,12,14-15,21,24H,7-11,13H2,1-2H3,(H,25,29)(H,26,27,30). The van der Waals surface area contributed by atoms with E-state index in [0.29, 0.717) is 11.6 Å². The molecule has 1 saturated heterocycles. The van der Waals surface area contributed by atoms with Gasteiger partial charge in [0.1, 0.15) is 6.04 Å². The predicted octanol–water partition coefficient (Wildman–Crippen LogP) is 3.54. The Balaban J connectivity index is 1.41. The number of para-hydroxylation sites is 1. The van der Waals surface area contributed by atoms with Gasteiger partial charge in [-0.25, -0.2) is 4.98 Å². The molecule has 8 heteroatoms. The SMILES string of the molecule is CC(=O)NC(Cc1c[nH]c2ccccc12)C(=O)Nc1nc(CN2CCC(C)CC2)cs1. The fourth-order valence-corrected chi connectivity index (χ4v) is 4.76. The summed E-state index contributed by atoms with van der Waals surface area (Å²) < 4.78 is 0. The second-order valence-electron chi connectivity index (χ2n) is 8.41. The molecule has 0 bridgehead atoms. The van der Waals surface area contributed by atoms with Crippen molar-refractivity contribution in [2.24, 2.45) is 5.92 Å². The third-order valence-corrected chi connectivity index (χ3v) is 6.64. The van der Waals surface area contributed by atoms with Crippen molar-refractivity contribution >= 4 is 39.2 Å².